The highest BCUT2D eigenvalue weighted by atomic mass is 79.9. The molecule has 8 nitrogen and oxygen atoms in total. The highest BCUT2D eigenvalue weighted by molar-refractivity contribution is 9.10. The van der Waals surface area contributed by atoms with Crippen molar-refractivity contribution in [1.82, 2.24) is 9.66 Å². The molecule has 5 aromatic rings. The van der Waals surface area contributed by atoms with Gasteiger partial charge < -0.3 is 18.6 Å². The van der Waals surface area contributed by atoms with E-state index in [0.717, 1.165) is 5.39 Å². The Balaban J connectivity index is 1.62. The van der Waals surface area contributed by atoms with Gasteiger partial charge in [-0.1, -0.05) is 39.0 Å². The van der Waals surface area contributed by atoms with E-state index in [1.54, 1.807) is 50.8 Å². The largest absolute Gasteiger partial charge is 0.496 e. The van der Waals surface area contributed by atoms with Crippen molar-refractivity contribution in [3.8, 4) is 28.8 Å². The number of nitrogens with zero attached hydrogens (tertiary/aromatic N) is 3. The summed E-state index contributed by atoms with van der Waals surface area (Å²) in [6, 6.07) is 18.1. The number of para-hydroxylation sites is 1. The predicted molar refractivity (Wildman–Crippen MR) is 156 cm³/mol. The van der Waals surface area contributed by atoms with Gasteiger partial charge in [0.05, 0.1) is 47.8 Å². The lowest BCUT2D eigenvalue weighted by molar-refractivity contribution is 0.190. The van der Waals surface area contributed by atoms with Crippen LogP contribution in [-0.4, -0.2) is 36.7 Å². The lowest BCUT2D eigenvalue weighted by atomic mass is 9.99. The molecule has 3 aromatic carbocycles. The van der Waals surface area contributed by atoms with E-state index in [-0.39, 0.29) is 16.8 Å². The number of benzene rings is 3. The number of ether oxygens (including phenoxy) is 3. The molecule has 9 heteroatoms. The first-order chi connectivity index (χ1) is 18.7. The van der Waals surface area contributed by atoms with Crippen molar-refractivity contribution in [2.24, 2.45) is 10.5 Å². The van der Waals surface area contributed by atoms with Gasteiger partial charge in [-0.15, -0.1) is 0 Å². The van der Waals surface area contributed by atoms with Gasteiger partial charge >= 0.3 is 0 Å². The van der Waals surface area contributed by atoms with Crippen LogP contribution in [0.3, 0.4) is 0 Å². The van der Waals surface area contributed by atoms with Gasteiger partial charge in [0, 0.05) is 0 Å². The normalized spacial score (nSPS) is 11.9. The number of hydrogen-bond acceptors (Lipinski definition) is 7. The Kier molecular flexibility index (Phi) is 7.18. The topological polar surface area (TPSA) is 88.1 Å². The third kappa shape index (κ3) is 5.40. The number of aromatic nitrogens is 2. The molecule has 0 fully saturated rings. The lowest BCUT2D eigenvalue weighted by Crippen LogP contribution is -2.20. The van der Waals surface area contributed by atoms with E-state index >= 15 is 0 Å². The molecule has 0 aliphatic carbocycles. The number of rotatable bonds is 7. The Morgan fingerprint density at radius 1 is 1.00 bits per heavy atom. The van der Waals surface area contributed by atoms with E-state index in [2.05, 4.69) is 41.8 Å². The van der Waals surface area contributed by atoms with E-state index in [0.29, 0.717) is 56.1 Å². The molecule has 0 spiro atoms. The first kappa shape index (κ1) is 26.5. The number of halogens is 1. The highest BCUT2D eigenvalue weighted by Crippen LogP contribution is 2.37. The molecule has 2 heterocycles. The molecule has 0 atom stereocenters. The molecule has 5 rings (SSSR count). The maximum absolute atomic E-state index is 13.6. The number of methoxy groups -OCH3 is 2. The molecule has 0 amide bonds. The highest BCUT2D eigenvalue weighted by Gasteiger charge is 2.19. The van der Waals surface area contributed by atoms with Gasteiger partial charge in [0.2, 0.25) is 5.82 Å². The molecule has 0 unspecified atom stereocenters. The zero-order valence-corrected chi connectivity index (χ0v) is 23.9. The van der Waals surface area contributed by atoms with Gasteiger partial charge in [-0.25, -0.2) is 4.98 Å². The standard InChI is InChI=1S/C30H28BrN3O5/c1-30(2,3)17-38-27-21(31)13-18(14-25(27)37-5)16-32-34-28(33-22-10-7-6-9-19(22)29(34)35)26-15-20-23(36-4)11-8-12-24(20)39-26/h6-16H,17H2,1-5H3. The number of fused-ring (bicyclic) bond motifs is 2. The van der Waals surface area contributed by atoms with E-state index in [1.807, 2.05) is 30.3 Å². The minimum Gasteiger partial charge on any atom is -0.496 e. The van der Waals surface area contributed by atoms with Crippen LogP contribution in [0.5, 0.6) is 17.2 Å². The van der Waals surface area contributed by atoms with E-state index in [4.69, 9.17) is 23.6 Å². The molecule has 0 aliphatic heterocycles. The number of hydrogen-bond donors (Lipinski definition) is 0. The van der Waals surface area contributed by atoms with Crippen LogP contribution in [0, 0.1) is 5.41 Å². The van der Waals surface area contributed by atoms with Gasteiger partial charge in [0.1, 0.15) is 11.3 Å². The SMILES string of the molecule is COc1cc(C=Nn2c(-c3cc4c(OC)cccc4o3)nc3ccccc3c2=O)cc(Br)c1OCC(C)(C)C. The second-order valence-electron chi connectivity index (χ2n) is 10.2. The van der Waals surface area contributed by atoms with Crippen LogP contribution in [-0.2, 0) is 0 Å². The van der Waals surface area contributed by atoms with Gasteiger partial charge in [0.25, 0.3) is 5.56 Å². The Labute approximate surface area is 234 Å². The van der Waals surface area contributed by atoms with Crippen LogP contribution in [0.25, 0.3) is 33.5 Å². The van der Waals surface area contributed by atoms with Crippen molar-refractivity contribution in [1.29, 1.82) is 0 Å². The molecule has 0 aliphatic rings. The fraction of sp³-hybridized carbons (Fsp3) is 0.233. The van der Waals surface area contributed by atoms with Gasteiger partial charge in [-0.3, -0.25) is 4.79 Å². The van der Waals surface area contributed by atoms with Crippen molar-refractivity contribution >= 4 is 44.0 Å². The maximum Gasteiger partial charge on any atom is 0.282 e. The molecule has 0 radical (unpaired) electrons. The zero-order chi connectivity index (χ0) is 27.7. The summed E-state index contributed by atoms with van der Waals surface area (Å²) in [6.45, 7) is 6.80. The van der Waals surface area contributed by atoms with Crippen molar-refractivity contribution in [2.45, 2.75) is 20.8 Å². The second-order valence-corrected chi connectivity index (χ2v) is 11.0. The molecular weight excluding hydrogens is 562 g/mol. The van der Waals surface area contributed by atoms with E-state index in [1.165, 1.54) is 4.68 Å². The summed E-state index contributed by atoms with van der Waals surface area (Å²) < 4.78 is 25.2. The number of furan rings is 1. The quantitative estimate of drug-likeness (QED) is 0.192. The lowest BCUT2D eigenvalue weighted by Gasteiger charge is -2.21. The first-order valence-electron chi connectivity index (χ1n) is 12.3. The second kappa shape index (κ2) is 10.6. The van der Waals surface area contributed by atoms with Crippen LogP contribution in [0.2, 0.25) is 0 Å². The average molecular weight is 590 g/mol. The van der Waals surface area contributed by atoms with Crippen LogP contribution in [0.4, 0.5) is 0 Å². The summed E-state index contributed by atoms with van der Waals surface area (Å²) in [4.78, 5) is 18.3. The average Bonchev–Trinajstić information content (AvgIpc) is 3.35. The minimum atomic E-state index is -0.324. The third-order valence-corrected chi connectivity index (χ3v) is 6.53. The Morgan fingerprint density at radius 3 is 2.51 bits per heavy atom. The molecule has 0 saturated carbocycles. The molecule has 39 heavy (non-hydrogen) atoms. The summed E-state index contributed by atoms with van der Waals surface area (Å²) in [6.07, 6.45) is 1.57. The van der Waals surface area contributed by atoms with Crippen LogP contribution in [0.15, 0.2) is 79.4 Å². The van der Waals surface area contributed by atoms with E-state index in [9.17, 15) is 4.79 Å². The minimum absolute atomic E-state index is 0.0219. The van der Waals surface area contributed by atoms with Crippen molar-refractivity contribution in [2.75, 3.05) is 20.8 Å². The first-order valence-corrected chi connectivity index (χ1v) is 13.1. The molecule has 0 N–H and O–H groups in total. The molecule has 0 bridgehead atoms. The van der Waals surface area contributed by atoms with Crippen molar-refractivity contribution < 1.29 is 18.6 Å². The molecule has 2 aromatic heterocycles. The third-order valence-electron chi connectivity index (χ3n) is 5.94. The van der Waals surface area contributed by atoms with Gasteiger partial charge in [0.15, 0.2) is 17.3 Å². The van der Waals surface area contributed by atoms with Gasteiger partial charge in [-0.2, -0.15) is 9.78 Å². The predicted octanol–water partition coefficient (Wildman–Crippen LogP) is 6.90. The molecular formula is C30H28BrN3O5. The summed E-state index contributed by atoms with van der Waals surface area (Å²) in [5.41, 5.74) is 1.50. The summed E-state index contributed by atoms with van der Waals surface area (Å²) in [5, 5.41) is 5.77. The van der Waals surface area contributed by atoms with Gasteiger partial charge in [-0.05, 0) is 69.4 Å². The Bertz CT molecular complexity index is 1770. The van der Waals surface area contributed by atoms with Crippen LogP contribution < -0.4 is 19.8 Å². The van der Waals surface area contributed by atoms with Crippen molar-refractivity contribution in [3.63, 3.8) is 0 Å². The summed E-state index contributed by atoms with van der Waals surface area (Å²) in [5.74, 6) is 2.46. The summed E-state index contributed by atoms with van der Waals surface area (Å²) in [7, 11) is 3.18. The fourth-order valence-electron chi connectivity index (χ4n) is 4.08. The molecule has 200 valence electrons. The maximum atomic E-state index is 13.6. The van der Waals surface area contributed by atoms with Crippen LogP contribution >= 0.6 is 15.9 Å². The Hall–Kier alpha value is -4.11. The monoisotopic (exact) mass is 589 g/mol. The Morgan fingerprint density at radius 2 is 1.77 bits per heavy atom. The van der Waals surface area contributed by atoms with E-state index < -0.39 is 0 Å². The fourth-order valence-corrected chi connectivity index (χ4v) is 4.65. The zero-order valence-electron chi connectivity index (χ0n) is 22.3. The molecule has 0 saturated heterocycles. The van der Waals surface area contributed by atoms with Crippen LogP contribution in [0.1, 0.15) is 26.3 Å². The van der Waals surface area contributed by atoms with Crippen molar-refractivity contribution in [3.05, 3.63) is 81.1 Å². The smallest absolute Gasteiger partial charge is 0.282 e. The summed E-state index contributed by atoms with van der Waals surface area (Å²) >= 11 is 3.59.